The lowest BCUT2D eigenvalue weighted by Gasteiger charge is -2.17. The summed E-state index contributed by atoms with van der Waals surface area (Å²) in [5, 5.41) is 0. The van der Waals surface area contributed by atoms with E-state index in [1.54, 1.807) is 14.2 Å². The highest BCUT2D eigenvalue weighted by Crippen LogP contribution is 2.34. The first-order valence-corrected chi connectivity index (χ1v) is 6.58. The number of hydrogen-bond donors (Lipinski definition) is 1. The van der Waals surface area contributed by atoms with Crippen molar-refractivity contribution in [3.63, 3.8) is 0 Å². The Bertz CT molecular complexity index is 375. The Morgan fingerprint density at radius 1 is 1.06 bits per heavy atom. The normalized spacial score (nSPS) is 10.8. The van der Waals surface area contributed by atoms with Gasteiger partial charge in [0.2, 0.25) is 0 Å². The van der Waals surface area contributed by atoms with Gasteiger partial charge in [0.25, 0.3) is 0 Å². The fourth-order valence-electron chi connectivity index (χ4n) is 2.15. The van der Waals surface area contributed by atoms with E-state index < -0.39 is 0 Å². The topological polar surface area (TPSA) is 44.5 Å². The van der Waals surface area contributed by atoms with Crippen LogP contribution in [0.5, 0.6) is 11.5 Å². The molecule has 102 valence electrons. The molecule has 0 saturated heterocycles. The Morgan fingerprint density at radius 3 is 2.17 bits per heavy atom. The first-order chi connectivity index (χ1) is 8.63. The van der Waals surface area contributed by atoms with E-state index in [0.29, 0.717) is 5.92 Å². The Hall–Kier alpha value is -1.22. The lowest BCUT2D eigenvalue weighted by atomic mass is 9.93. The van der Waals surface area contributed by atoms with Crippen molar-refractivity contribution in [1.29, 1.82) is 0 Å². The van der Waals surface area contributed by atoms with Gasteiger partial charge in [0.1, 0.15) is 0 Å². The molecule has 0 spiro atoms. The molecule has 1 aromatic rings. The minimum atomic E-state index is 0.484. The summed E-state index contributed by atoms with van der Waals surface area (Å²) >= 11 is 0. The third kappa shape index (κ3) is 3.64. The fourth-order valence-corrected chi connectivity index (χ4v) is 2.15. The monoisotopic (exact) mass is 251 g/mol. The molecular weight excluding hydrogens is 226 g/mol. The molecule has 0 unspecified atom stereocenters. The molecule has 0 fully saturated rings. The highest BCUT2D eigenvalue weighted by Gasteiger charge is 2.13. The summed E-state index contributed by atoms with van der Waals surface area (Å²) < 4.78 is 10.7. The second-order valence-electron chi connectivity index (χ2n) is 4.81. The Balaban J connectivity index is 3.04. The molecule has 1 rings (SSSR count). The number of unbranched alkanes of at least 4 members (excludes halogenated alkanes) is 1. The maximum Gasteiger partial charge on any atom is 0.161 e. The van der Waals surface area contributed by atoms with Crippen molar-refractivity contribution in [2.75, 3.05) is 20.8 Å². The third-order valence-electron chi connectivity index (χ3n) is 3.17. The number of aryl methyl sites for hydroxylation is 1. The summed E-state index contributed by atoms with van der Waals surface area (Å²) in [5.74, 6) is 2.10. The minimum Gasteiger partial charge on any atom is -0.493 e. The van der Waals surface area contributed by atoms with Gasteiger partial charge in [-0.1, -0.05) is 13.8 Å². The first kappa shape index (κ1) is 14.8. The molecule has 0 radical (unpaired) electrons. The maximum atomic E-state index is 5.55. The van der Waals surface area contributed by atoms with Crippen LogP contribution in [0.15, 0.2) is 12.1 Å². The van der Waals surface area contributed by atoms with Crippen LogP contribution in [-0.2, 0) is 6.42 Å². The van der Waals surface area contributed by atoms with E-state index in [-0.39, 0.29) is 0 Å². The molecule has 2 N–H and O–H groups in total. The molecule has 3 nitrogen and oxygen atoms in total. The predicted molar refractivity (Wildman–Crippen MR) is 75.6 cm³/mol. The fraction of sp³-hybridized carbons (Fsp3) is 0.600. The van der Waals surface area contributed by atoms with Crippen LogP contribution in [0.4, 0.5) is 0 Å². The number of rotatable bonds is 7. The molecule has 3 heteroatoms. The van der Waals surface area contributed by atoms with Gasteiger partial charge in [-0.2, -0.15) is 0 Å². The van der Waals surface area contributed by atoms with Gasteiger partial charge in [-0.05, 0) is 55.0 Å². The zero-order valence-corrected chi connectivity index (χ0v) is 12.0. The summed E-state index contributed by atoms with van der Waals surface area (Å²) in [7, 11) is 3.35. The first-order valence-electron chi connectivity index (χ1n) is 6.58. The van der Waals surface area contributed by atoms with Gasteiger partial charge in [-0.15, -0.1) is 0 Å². The molecule has 1 aromatic carbocycles. The smallest absolute Gasteiger partial charge is 0.161 e. The SMILES string of the molecule is COc1cc(CCCCN)c(C(C)C)cc1OC. The van der Waals surface area contributed by atoms with Crippen LogP contribution in [0.1, 0.15) is 43.7 Å². The lowest BCUT2D eigenvalue weighted by Crippen LogP contribution is -2.03. The molecular formula is C15H25NO2. The lowest BCUT2D eigenvalue weighted by molar-refractivity contribution is 0.353. The van der Waals surface area contributed by atoms with Crippen LogP contribution in [0.3, 0.4) is 0 Å². The van der Waals surface area contributed by atoms with E-state index in [0.717, 1.165) is 37.3 Å². The molecule has 18 heavy (non-hydrogen) atoms. The molecule has 0 saturated carbocycles. The largest absolute Gasteiger partial charge is 0.493 e. The average Bonchev–Trinajstić information content (AvgIpc) is 2.38. The van der Waals surface area contributed by atoms with E-state index in [2.05, 4.69) is 26.0 Å². The summed E-state index contributed by atoms with van der Waals surface area (Å²) in [5.41, 5.74) is 8.23. The molecule has 0 aliphatic heterocycles. The molecule has 0 bridgehead atoms. The summed E-state index contributed by atoms with van der Waals surface area (Å²) in [6.07, 6.45) is 3.22. The van der Waals surface area contributed by atoms with Gasteiger partial charge in [0, 0.05) is 0 Å². The second-order valence-corrected chi connectivity index (χ2v) is 4.81. The van der Waals surface area contributed by atoms with Gasteiger partial charge in [-0.3, -0.25) is 0 Å². The van der Waals surface area contributed by atoms with E-state index in [1.807, 2.05) is 0 Å². The molecule has 0 aromatic heterocycles. The van der Waals surface area contributed by atoms with E-state index in [9.17, 15) is 0 Å². The van der Waals surface area contributed by atoms with Crippen molar-refractivity contribution in [3.8, 4) is 11.5 Å². The predicted octanol–water partition coefficient (Wildman–Crippen LogP) is 3.11. The number of hydrogen-bond acceptors (Lipinski definition) is 3. The van der Waals surface area contributed by atoms with Crippen LogP contribution in [0.2, 0.25) is 0 Å². The van der Waals surface area contributed by atoms with Gasteiger partial charge >= 0.3 is 0 Å². The zero-order chi connectivity index (χ0) is 13.5. The highest BCUT2D eigenvalue weighted by molar-refractivity contribution is 5.48. The second kappa shape index (κ2) is 7.27. The van der Waals surface area contributed by atoms with Crippen LogP contribution in [-0.4, -0.2) is 20.8 Å². The minimum absolute atomic E-state index is 0.484. The van der Waals surface area contributed by atoms with E-state index >= 15 is 0 Å². The van der Waals surface area contributed by atoms with Gasteiger partial charge in [0.05, 0.1) is 14.2 Å². The van der Waals surface area contributed by atoms with E-state index in [4.69, 9.17) is 15.2 Å². The molecule has 0 aliphatic carbocycles. The molecule has 0 amide bonds. The Morgan fingerprint density at radius 2 is 1.67 bits per heavy atom. The summed E-state index contributed by atoms with van der Waals surface area (Å²) in [6.45, 7) is 5.16. The number of benzene rings is 1. The zero-order valence-electron chi connectivity index (χ0n) is 12.0. The number of ether oxygens (including phenoxy) is 2. The van der Waals surface area contributed by atoms with Crippen molar-refractivity contribution in [2.24, 2.45) is 5.73 Å². The van der Waals surface area contributed by atoms with Gasteiger partial charge in [-0.25, -0.2) is 0 Å². The summed E-state index contributed by atoms with van der Waals surface area (Å²) in [6, 6.07) is 4.20. The average molecular weight is 251 g/mol. The van der Waals surface area contributed by atoms with Crippen LogP contribution in [0, 0.1) is 0 Å². The Kier molecular flexibility index (Phi) is 5.99. The van der Waals surface area contributed by atoms with Crippen molar-refractivity contribution in [2.45, 2.75) is 39.0 Å². The Labute approximate surface area is 110 Å². The highest BCUT2D eigenvalue weighted by atomic mass is 16.5. The van der Waals surface area contributed by atoms with Crippen LogP contribution >= 0.6 is 0 Å². The quantitative estimate of drug-likeness (QED) is 0.757. The standard InChI is InChI=1S/C15H25NO2/c1-11(2)13-10-15(18-4)14(17-3)9-12(13)7-5-6-8-16/h9-11H,5-8,16H2,1-4H3. The molecule has 0 aliphatic rings. The van der Waals surface area contributed by atoms with Crippen molar-refractivity contribution < 1.29 is 9.47 Å². The van der Waals surface area contributed by atoms with Crippen molar-refractivity contribution in [1.82, 2.24) is 0 Å². The number of nitrogens with two attached hydrogens (primary N) is 1. The molecule has 0 heterocycles. The van der Waals surface area contributed by atoms with E-state index in [1.165, 1.54) is 11.1 Å². The van der Waals surface area contributed by atoms with Crippen LogP contribution in [0.25, 0.3) is 0 Å². The van der Waals surface area contributed by atoms with Crippen LogP contribution < -0.4 is 15.2 Å². The molecule has 0 atom stereocenters. The van der Waals surface area contributed by atoms with Gasteiger partial charge in [0.15, 0.2) is 11.5 Å². The summed E-state index contributed by atoms with van der Waals surface area (Å²) in [4.78, 5) is 0. The van der Waals surface area contributed by atoms with Gasteiger partial charge < -0.3 is 15.2 Å². The van der Waals surface area contributed by atoms with Crippen molar-refractivity contribution in [3.05, 3.63) is 23.3 Å². The van der Waals surface area contributed by atoms with Crippen molar-refractivity contribution >= 4 is 0 Å². The maximum absolute atomic E-state index is 5.55. The number of methoxy groups -OCH3 is 2. The third-order valence-corrected chi connectivity index (χ3v) is 3.17.